The summed E-state index contributed by atoms with van der Waals surface area (Å²) in [5.74, 6) is -1.38. The number of anilines is 1. The molecule has 33 heavy (non-hydrogen) atoms. The van der Waals surface area contributed by atoms with E-state index in [0.29, 0.717) is 36.3 Å². The second kappa shape index (κ2) is 10.8. The summed E-state index contributed by atoms with van der Waals surface area (Å²) >= 11 is 0. The third-order valence-corrected chi connectivity index (χ3v) is 5.50. The van der Waals surface area contributed by atoms with Crippen molar-refractivity contribution in [1.82, 2.24) is 10.2 Å². The number of ether oxygens (including phenoxy) is 1. The molecular formula is C25H29N3O5. The van der Waals surface area contributed by atoms with E-state index in [0.717, 1.165) is 17.7 Å². The normalized spacial score (nSPS) is 17.6. The number of nitrogens with zero attached hydrogens (tertiary/aromatic N) is 1. The Morgan fingerprint density at radius 3 is 2.33 bits per heavy atom. The van der Waals surface area contributed by atoms with Crippen LogP contribution in [-0.2, 0) is 19.9 Å². The van der Waals surface area contributed by atoms with Gasteiger partial charge >= 0.3 is 12.0 Å². The van der Waals surface area contributed by atoms with Gasteiger partial charge in [-0.1, -0.05) is 57.0 Å². The molecule has 0 aliphatic carbocycles. The van der Waals surface area contributed by atoms with Crippen molar-refractivity contribution in [2.45, 2.75) is 45.1 Å². The van der Waals surface area contributed by atoms with Crippen molar-refractivity contribution in [3.63, 3.8) is 0 Å². The predicted octanol–water partition coefficient (Wildman–Crippen LogP) is 3.83. The van der Waals surface area contributed by atoms with E-state index >= 15 is 0 Å². The van der Waals surface area contributed by atoms with Crippen LogP contribution in [0.15, 0.2) is 54.6 Å². The smallest absolute Gasteiger partial charge is 0.338 e. The van der Waals surface area contributed by atoms with E-state index in [4.69, 9.17) is 4.74 Å². The molecule has 3 rings (SSSR count). The Balaban J connectivity index is 1.65. The topological polar surface area (TPSA) is 105 Å². The van der Waals surface area contributed by atoms with Gasteiger partial charge in [0, 0.05) is 5.69 Å². The van der Waals surface area contributed by atoms with Crippen LogP contribution in [0.1, 0.15) is 55.5 Å². The molecule has 0 unspecified atom stereocenters. The van der Waals surface area contributed by atoms with E-state index in [1.54, 1.807) is 36.4 Å². The molecule has 1 aliphatic rings. The highest BCUT2D eigenvalue weighted by Gasteiger charge is 2.52. The third-order valence-electron chi connectivity index (χ3n) is 5.50. The number of hydrogen-bond donors (Lipinski definition) is 2. The number of unbranched alkanes of at least 4 members (excludes halogenated alkanes) is 1. The van der Waals surface area contributed by atoms with Crippen LogP contribution in [0, 0.1) is 0 Å². The lowest BCUT2D eigenvalue weighted by atomic mass is 9.85. The van der Waals surface area contributed by atoms with Gasteiger partial charge in [0.25, 0.3) is 5.91 Å². The second-order valence-electron chi connectivity index (χ2n) is 7.96. The molecule has 8 heteroatoms. The molecule has 0 bridgehead atoms. The first-order chi connectivity index (χ1) is 15.9. The number of carbonyl (C=O) groups is 4. The van der Waals surface area contributed by atoms with E-state index in [1.165, 1.54) is 0 Å². The van der Waals surface area contributed by atoms with Crippen LogP contribution in [0.4, 0.5) is 10.5 Å². The van der Waals surface area contributed by atoms with Crippen LogP contribution in [-0.4, -0.2) is 41.9 Å². The number of rotatable bonds is 10. The zero-order chi connectivity index (χ0) is 23.8. The monoisotopic (exact) mass is 451 g/mol. The summed E-state index contributed by atoms with van der Waals surface area (Å²) in [5.41, 5.74) is 0.340. The molecule has 1 heterocycles. The number of nitrogens with one attached hydrogen (secondary N) is 2. The average molecular weight is 452 g/mol. The van der Waals surface area contributed by atoms with E-state index in [1.807, 2.05) is 32.0 Å². The van der Waals surface area contributed by atoms with Gasteiger partial charge in [0.1, 0.15) is 12.1 Å². The summed E-state index contributed by atoms with van der Waals surface area (Å²) in [5, 5.41) is 5.46. The van der Waals surface area contributed by atoms with E-state index in [2.05, 4.69) is 10.6 Å². The van der Waals surface area contributed by atoms with Gasteiger partial charge in [-0.2, -0.15) is 0 Å². The lowest BCUT2D eigenvalue weighted by Gasteiger charge is -2.26. The van der Waals surface area contributed by atoms with Crippen LogP contribution in [0.3, 0.4) is 0 Å². The summed E-state index contributed by atoms with van der Waals surface area (Å²) in [4.78, 5) is 51.4. The molecule has 0 radical (unpaired) electrons. The van der Waals surface area contributed by atoms with Crippen molar-refractivity contribution >= 4 is 29.5 Å². The molecule has 1 atom stereocenters. The Morgan fingerprint density at radius 1 is 1.00 bits per heavy atom. The van der Waals surface area contributed by atoms with E-state index in [9.17, 15) is 19.2 Å². The lowest BCUT2D eigenvalue weighted by Crippen LogP contribution is -2.44. The minimum Gasteiger partial charge on any atom is -0.462 e. The van der Waals surface area contributed by atoms with Gasteiger partial charge < -0.3 is 15.4 Å². The van der Waals surface area contributed by atoms with Crippen molar-refractivity contribution in [3.05, 3.63) is 65.7 Å². The number of imide groups is 1. The maximum absolute atomic E-state index is 13.3. The van der Waals surface area contributed by atoms with Gasteiger partial charge in [-0.25, -0.2) is 9.59 Å². The number of benzene rings is 2. The zero-order valence-corrected chi connectivity index (χ0v) is 18.9. The second-order valence-corrected chi connectivity index (χ2v) is 7.96. The molecule has 0 spiro atoms. The van der Waals surface area contributed by atoms with Gasteiger partial charge in [-0.05, 0) is 42.7 Å². The van der Waals surface area contributed by atoms with Crippen molar-refractivity contribution in [3.8, 4) is 0 Å². The first-order valence-electron chi connectivity index (χ1n) is 11.2. The Bertz CT molecular complexity index is 1010. The molecule has 8 nitrogen and oxygen atoms in total. The Morgan fingerprint density at radius 2 is 1.70 bits per heavy atom. The first-order valence-corrected chi connectivity index (χ1v) is 11.2. The Labute approximate surface area is 193 Å². The molecule has 0 aromatic heterocycles. The Hall–Kier alpha value is -3.68. The summed E-state index contributed by atoms with van der Waals surface area (Å²) in [6, 6.07) is 14.7. The fourth-order valence-corrected chi connectivity index (χ4v) is 3.80. The number of esters is 1. The van der Waals surface area contributed by atoms with Gasteiger partial charge in [0.2, 0.25) is 5.91 Å². The van der Waals surface area contributed by atoms with Crippen molar-refractivity contribution < 1.29 is 23.9 Å². The average Bonchev–Trinajstić information content (AvgIpc) is 3.05. The maximum atomic E-state index is 13.3. The fourth-order valence-electron chi connectivity index (χ4n) is 3.80. The number of urea groups is 1. The third kappa shape index (κ3) is 5.39. The van der Waals surface area contributed by atoms with E-state index in [-0.39, 0.29) is 0 Å². The summed E-state index contributed by atoms with van der Waals surface area (Å²) < 4.78 is 5.16. The summed E-state index contributed by atoms with van der Waals surface area (Å²) in [7, 11) is 0. The van der Waals surface area contributed by atoms with Crippen molar-refractivity contribution in [2.75, 3.05) is 18.5 Å². The number of carbonyl (C=O) groups excluding carboxylic acids is 4. The van der Waals surface area contributed by atoms with Crippen molar-refractivity contribution in [1.29, 1.82) is 0 Å². The summed E-state index contributed by atoms with van der Waals surface area (Å²) in [6.07, 6.45) is 2.83. The van der Waals surface area contributed by atoms with Crippen LogP contribution in [0.5, 0.6) is 0 Å². The highest BCUT2D eigenvalue weighted by Crippen LogP contribution is 2.33. The molecule has 2 aromatic rings. The first kappa shape index (κ1) is 24.0. The van der Waals surface area contributed by atoms with E-state index < -0.39 is 35.9 Å². The van der Waals surface area contributed by atoms with Crippen LogP contribution >= 0.6 is 0 Å². The predicted molar refractivity (Wildman–Crippen MR) is 124 cm³/mol. The quantitative estimate of drug-likeness (QED) is 0.325. The van der Waals surface area contributed by atoms with Gasteiger partial charge in [0.05, 0.1) is 12.2 Å². The van der Waals surface area contributed by atoms with Crippen molar-refractivity contribution in [2.24, 2.45) is 0 Å². The standard InChI is InChI=1S/C25H29N3O5/c1-3-5-16-33-22(30)18-11-13-20(14-12-18)26-21(29)17-28-23(31)25(15-4-2,27-24(28)32)19-9-7-6-8-10-19/h6-14H,3-5,15-17H2,1-2H3,(H,26,29)(H,27,32)/t25-/m1/s1. The molecule has 174 valence electrons. The molecular weight excluding hydrogens is 422 g/mol. The fraction of sp³-hybridized carbons (Fsp3) is 0.360. The van der Waals surface area contributed by atoms with Crippen LogP contribution < -0.4 is 10.6 Å². The molecule has 4 amide bonds. The van der Waals surface area contributed by atoms with Crippen LogP contribution in [0.25, 0.3) is 0 Å². The Kier molecular flexibility index (Phi) is 7.82. The molecule has 1 fully saturated rings. The van der Waals surface area contributed by atoms with Crippen LogP contribution in [0.2, 0.25) is 0 Å². The summed E-state index contributed by atoms with van der Waals surface area (Å²) in [6.45, 7) is 3.89. The minimum absolute atomic E-state index is 0.363. The van der Waals surface area contributed by atoms with Gasteiger partial charge in [-0.3, -0.25) is 14.5 Å². The molecule has 1 saturated heterocycles. The van der Waals surface area contributed by atoms with Gasteiger partial charge in [-0.15, -0.1) is 0 Å². The minimum atomic E-state index is -1.17. The molecule has 1 aliphatic heterocycles. The number of hydrogen-bond acceptors (Lipinski definition) is 5. The highest BCUT2D eigenvalue weighted by molar-refractivity contribution is 6.10. The molecule has 2 N–H and O–H groups in total. The van der Waals surface area contributed by atoms with Gasteiger partial charge in [0.15, 0.2) is 0 Å². The molecule has 0 saturated carbocycles. The largest absolute Gasteiger partial charge is 0.462 e. The highest BCUT2D eigenvalue weighted by atomic mass is 16.5. The maximum Gasteiger partial charge on any atom is 0.338 e. The zero-order valence-electron chi connectivity index (χ0n) is 18.9. The SMILES string of the molecule is CCCCOC(=O)c1ccc(NC(=O)CN2C(=O)N[C@](CCC)(c3ccccc3)C2=O)cc1. The lowest BCUT2D eigenvalue weighted by molar-refractivity contribution is -0.134. The molecule has 2 aromatic carbocycles. The number of amides is 4.